The first-order chi connectivity index (χ1) is 16.0. The Morgan fingerprint density at radius 2 is 1.88 bits per heavy atom. The van der Waals surface area contributed by atoms with Gasteiger partial charge in [-0.2, -0.15) is 0 Å². The molecule has 3 N–H and O–H groups in total. The van der Waals surface area contributed by atoms with Crippen LogP contribution in [0.4, 0.5) is 5.69 Å². The number of rotatable bonds is 9. The fourth-order valence-corrected chi connectivity index (χ4v) is 3.49. The second kappa shape index (κ2) is 12.2. The number of nitrogens with one attached hydrogen (secondary N) is 3. The van der Waals surface area contributed by atoms with Gasteiger partial charge in [0.25, 0.3) is 11.8 Å². The van der Waals surface area contributed by atoms with Crippen LogP contribution >= 0.6 is 28.1 Å². The predicted octanol–water partition coefficient (Wildman–Crippen LogP) is 5.28. The minimum Gasteiger partial charge on any atom is -0.493 e. The number of unbranched alkanes of at least 4 members (excludes halogenated alkanes) is 1. The minimum atomic E-state index is -0.417. The lowest BCUT2D eigenvalue weighted by molar-refractivity contribution is 0.0947. The van der Waals surface area contributed by atoms with E-state index in [1.54, 1.807) is 54.8 Å². The molecule has 0 saturated carbocycles. The molecule has 1 heterocycles. The van der Waals surface area contributed by atoms with Crippen LogP contribution in [0.25, 0.3) is 0 Å². The van der Waals surface area contributed by atoms with E-state index in [9.17, 15) is 9.59 Å². The van der Waals surface area contributed by atoms with Crippen molar-refractivity contribution in [1.82, 2.24) is 10.6 Å². The van der Waals surface area contributed by atoms with E-state index in [0.717, 1.165) is 17.3 Å². The van der Waals surface area contributed by atoms with E-state index in [2.05, 4.69) is 38.8 Å². The van der Waals surface area contributed by atoms with Crippen molar-refractivity contribution in [3.8, 4) is 5.75 Å². The van der Waals surface area contributed by atoms with Crippen LogP contribution in [0.15, 0.2) is 69.8 Å². The van der Waals surface area contributed by atoms with Gasteiger partial charge in [0.05, 0.1) is 36.2 Å². The highest BCUT2D eigenvalue weighted by molar-refractivity contribution is 9.10. The SMILES string of the molecule is CCCCOc1ccc(Br)cc1C(=O)NC(=S)Nc1ccccc1C(=O)NCc1ccco1. The quantitative estimate of drug-likeness (QED) is 0.258. The molecule has 0 bridgehead atoms. The summed E-state index contributed by atoms with van der Waals surface area (Å²) < 4.78 is 11.7. The van der Waals surface area contributed by atoms with Crippen LogP contribution in [0.2, 0.25) is 0 Å². The van der Waals surface area contributed by atoms with Gasteiger partial charge in [0.2, 0.25) is 0 Å². The molecule has 0 atom stereocenters. The molecular weight excluding hydrogens is 506 g/mol. The van der Waals surface area contributed by atoms with Gasteiger partial charge in [0.15, 0.2) is 5.11 Å². The monoisotopic (exact) mass is 529 g/mol. The van der Waals surface area contributed by atoms with Crippen LogP contribution in [0.5, 0.6) is 5.75 Å². The largest absolute Gasteiger partial charge is 0.493 e. The second-order valence-corrected chi connectivity index (χ2v) is 8.38. The average molecular weight is 530 g/mol. The Bertz CT molecular complexity index is 1120. The lowest BCUT2D eigenvalue weighted by Crippen LogP contribution is -2.35. The summed E-state index contributed by atoms with van der Waals surface area (Å²) in [7, 11) is 0. The van der Waals surface area contributed by atoms with Crippen LogP contribution < -0.4 is 20.7 Å². The molecule has 9 heteroatoms. The van der Waals surface area contributed by atoms with Gasteiger partial charge < -0.3 is 19.8 Å². The standard InChI is InChI=1S/C24H24BrN3O4S/c1-2-3-12-32-21-11-10-16(25)14-19(21)23(30)28-24(33)27-20-9-5-4-8-18(20)22(29)26-15-17-7-6-13-31-17/h4-11,13-14H,2-3,12,15H2,1H3,(H,26,29)(H2,27,28,30,33). The summed E-state index contributed by atoms with van der Waals surface area (Å²) in [6.07, 6.45) is 3.42. The number of thiocarbonyl (C=S) groups is 1. The molecule has 0 radical (unpaired) electrons. The molecule has 33 heavy (non-hydrogen) atoms. The third kappa shape index (κ3) is 7.16. The zero-order valence-corrected chi connectivity index (χ0v) is 20.4. The molecule has 0 aliphatic rings. The molecule has 0 fully saturated rings. The van der Waals surface area contributed by atoms with E-state index in [1.165, 1.54) is 0 Å². The van der Waals surface area contributed by atoms with E-state index in [0.29, 0.717) is 34.9 Å². The van der Waals surface area contributed by atoms with Gasteiger partial charge in [0, 0.05) is 4.47 Å². The summed E-state index contributed by atoms with van der Waals surface area (Å²) in [5.41, 5.74) is 1.20. The van der Waals surface area contributed by atoms with Crippen molar-refractivity contribution in [2.45, 2.75) is 26.3 Å². The molecule has 0 spiro atoms. The summed E-state index contributed by atoms with van der Waals surface area (Å²) in [5.74, 6) is 0.398. The van der Waals surface area contributed by atoms with Crippen molar-refractivity contribution < 1.29 is 18.7 Å². The molecule has 172 valence electrons. The zero-order chi connectivity index (χ0) is 23.6. The van der Waals surface area contributed by atoms with Crippen molar-refractivity contribution in [3.63, 3.8) is 0 Å². The van der Waals surface area contributed by atoms with E-state index in [-0.39, 0.29) is 17.6 Å². The van der Waals surface area contributed by atoms with Gasteiger partial charge >= 0.3 is 0 Å². The molecule has 2 amide bonds. The van der Waals surface area contributed by atoms with E-state index in [1.807, 2.05) is 6.07 Å². The fraction of sp³-hybridized carbons (Fsp3) is 0.208. The van der Waals surface area contributed by atoms with Gasteiger partial charge in [-0.3, -0.25) is 14.9 Å². The summed E-state index contributed by atoms with van der Waals surface area (Å²) in [6.45, 7) is 2.84. The molecule has 7 nitrogen and oxygen atoms in total. The maximum Gasteiger partial charge on any atom is 0.261 e. The van der Waals surface area contributed by atoms with Crippen LogP contribution in [0, 0.1) is 0 Å². The highest BCUT2D eigenvalue weighted by atomic mass is 79.9. The maximum absolute atomic E-state index is 12.9. The number of halogens is 1. The highest BCUT2D eigenvalue weighted by Crippen LogP contribution is 2.24. The molecule has 3 rings (SSSR count). The number of hydrogen-bond acceptors (Lipinski definition) is 5. The van der Waals surface area contributed by atoms with Crippen molar-refractivity contribution in [1.29, 1.82) is 0 Å². The van der Waals surface area contributed by atoms with Gasteiger partial charge in [-0.1, -0.05) is 41.4 Å². The van der Waals surface area contributed by atoms with Crippen molar-refractivity contribution in [2.75, 3.05) is 11.9 Å². The predicted molar refractivity (Wildman–Crippen MR) is 135 cm³/mol. The van der Waals surface area contributed by atoms with Crippen LogP contribution in [0.1, 0.15) is 46.2 Å². The maximum atomic E-state index is 12.9. The highest BCUT2D eigenvalue weighted by Gasteiger charge is 2.17. The van der Waals surface area contributed by atoms with E-state index in [4.69, 9.17) is 21.4 Å². The average Bonchev–Trinajstić information content (AvgIpc) is 3.32. The first-order valence-corrected chi connectivity index (χ1v) is 11.6. The van der Waals surface area contributed by atoms with Gasteiger partial charge in [-0.05, 0) is 61.1 Å². The molecule has 0 aliphatic carbocycles. The number of ether oxygens (including phenoxy) is 1. The molecule has 0 aliphatic heterocycles. The molecule has 0 unspecified atom stereocenters. The van der Waals surface area contributed by atoms with E-state index < -0.39 is 5.91 Å². The van der Waals surface area contributed by atoms with Crippen LogP contribution in [-0.2, 0) is 6.54 Å². The third-order valence-electron chi connectivity index (χ3n) is 4.59. The van der Waals surface area contributed by atoms with Crippen LogP contribution in [0.3, 0.4) is 0 Å². The summed E-state index contributed by atoms with van der Waals surface area (Å²) in [5, 5.41) is 8.45. The van der Waals surface area contributed by atoms with Crippen LogP contribution in [-0.4, -0.2) is 23.5 Å². The number of para-hydroxylation sites is 1. The first kappa shape index (κ1) is 24.5. The lowest BCUT2D eigenvalue weighted by atomic mass is 10.1. The third-order valence-corrected chi connectivity index (χ3v) is 5.29. The number of carbonyl (C=O) groups is 2. The normalized spacial score (nSPS) is 10.4. The number of amides is 2. The number of furan rings is 1. The number of carbonyl (C=O) groups excluding carboxylic acids is 2. The Kier molecular flexibility index (Phi) is 9.03. The van der Waals surface area contributed by atoms with Gasteiger partial charge in [0.1, 0.15) is 11.5 Å². The lowest BCUT2D eigenvalue weighted by Gasteiger charge is -2.15. The topological polar surface area (TPSA) is 92.6 Å². The van der Waals surface area contributed by atoms with Gasteiger partial charge in [-0.25, -0.2) is 0 Å². The molecule has 2 aromatic carbocycles. The van der Waals surface area contributed by atoms with E-state index >= 15 is 0 Å². The minimum absolute atomic E-state index is 0.0609. The molecule has 1 aromatic heterocycles. The summed E-state index contributed by atoms with van der Waals surface area (Å²) in [4.78, 5) is 25.5. The Hall–Kier alpha value is -3.17. The van der Waals surface area contributed by atoms with Crippen molar-refractivity contribution in [3.05, 3.63) is 82.2 Å². The molecule has 3 aromatic rings. The van der Waals surface area contributed by atoms with Gasteiger partial charge in [-0.15, -0.1) is 0 Å². The fourth-order valence-electron chi connectivity index (χ4n) is 2.92. The Balaban J connectivity index is 1.66. The molecule has 0 saturated heterocycles. The molecular formula is C24H24BrN3O4S. The number of anilines is 1. The first-order valence-electron chi connectivity index (χ1n) is 10.4. The van der Waals surface area contributed by atoms with Crippen molar-refractivity contribution >= 4 is 50.8 Å². The zero-order valence-electron chi connectivity index (χ0n) is 18.0. The smallest absolute Gasteiger partial charge is 0.261 e. The Morgan fingerprint density at radius 3 is 2.64 bits per heavy atom. The Labute approximate surface area is 206 Å². The van der Waals surface area contributed by atoms with Crippen molar-refractivity contribution in [2.24, 2.45) is 0 Å². The summed E-state index contributed by atoms with van der Waals surface area (Å²) in [6, 6.07) is 15.6. The number of hydrogen-bond donors (Lipinski definition) is 3. The number of benzene rings is 2. The summed E-state index contributed by atoms with van der Waals surface area (Å²) >= 11 is 8.71. The second-order valence-electron chi connectivity index (χ2n) is 7.06. The Morgan fingerprint density at radius 1 is 1.06 bits per heavy atom.